The van der Waals surface area contributed by atoms with E-state index in [1.54, 1.807) is 0 Å². The topological polar surface area (TPSA) is 29.1 Å². The quantitative estimate of drug-likeness (QED) is 0.530. The van der Waals surface area contributed by atoms with Crippen LogP contribution in [-0.2, 0) is 12.8 Å². The van der Waals surface area contributed by atoms with Gasteiger partial charge in [-0.3, -0.25) is 4.79 Å². The minimum absolute atomic E-state index is 0.0491. The number of anilines is 1. The molecule has 0 heterocycles. The molecule has 25 heavy (non-hydrogen) atoms. The molecule has 0 saturated carbocycles. The third-order valence-electron chi connectivity index (χ3n) is 5.16. The van der Waals surface area contributed by atoms with Crippen LogP contribution in [0, 0.1) is 0 Å². The van der Waals surface area contributed by atoms with Gasteiger partial charge in [0, 0.05) is 16.6 Å². The second-order valence-electron chi connectivity index (χ2n) is 6.59. The molecule has 1 amide bonds. The Hall–Kier alpha value is -3.13. The van der Waals surface area contributed by atoms with Crippen molar-refractivity contribution >= 4 is 33.1 Å². The van der Waals surface area contributed by atoms with Crippen LogP contribution >= 0.6 is 0 Å². The lowest BCUT2D eigenvalue weighted by molar-refractivity contribution is 0.102. The molecule has 2 nitrogen and oxygen atoms in total. The van der Waals surface area contributed by atoms with Crippen LogP contribution in [0.3, 0.4) is 0 Å². The standard InChI is InChI=1S/C23H17NO/c25-23(24-21-10-4-6-15-5-1-2-8-18(15)21)20-14-13-17-12-11-16-7-3-9-19(20)22(16)17/h1-10,13-14H,11-12H2,(H,24,25). The van der Waals surface area contributed by atoms with Crippen molar-refractivity contribution in [1.29, 1.82) is 0 Å². The summed E-state index contributed by atoms with van der Waals surface area (Å²) >= 11 is 0. The van der Waals surface area contributed by atoms with E-state index in [9.17, 15) is 4.79 Å². The number of aryl methyl sites for hydroxylation is 2. The normalized spacial score (nSPS) is 12.6. The van der Waals surface area contributed by atoms with Crippen molar-refractivity contribution in [2.24, 2.45) is 0 Å². The lowest BCUT2D eigenvalue weighted by Gasteiger charge is -2.11. The first-order chi connectivity index (χ1) is 12.3. The van der Waals surface area contributed by atoms with Gasteiger partial charge >= 0.3 is 0 Å². The highest BCUT2D eigenvalue weighted by Crippen LogP contribution is 2.33. The molecule has 0 saturated heterocycles. The van der Waals surface area contributed by atoms with Gasteiger partial charge in [0.15, 0.2) is 0 Å². The molecule has 0 bridgehead atoms. The summed E-state index contributed by atoms with van der Waals surface area (Å²) in [5.41, 5.74) is 4.31. The van der Waals surface area contributed by atoms with Crippen LogP contribution in [0.25, 0.3) is 21.5 Å². The van der Waals surface area contributed by atoms with E-state index in [0.717, 1.165) is 40.3 Å². The van der Waals surface area contributed by atoms with Crippen molar-refractivity contribution in [3.63, 3.8) is 0 Å². The van der Waals surface area contributed by atoms with Gasteiger partial charge in [-0.2, -0.15) is 0 Å². The van der Waals surface area contributed by atoms with Gasteiger partial charge in [-0.05, 0) is 52.3 Å². The predicted octanol–water partition coefficient (Wildman–Crippen LogP) is 5.34. The summed E-state index contributed by atoms with van der Waals surface area (Å²) in [5, 5.41) is 7.63. The molecule has 1 N–H and O–H groups in total. The van der Waals surface area contributed by atoms with Gasteiger partial charge in [0.2, 0.25) is 0 Å². The molecule has 0 fully saturated rings. The average Bonchev–Trinajstić information content (AvgIpc) is 3.07. The van der Waals surface area contributed by atoms with Gasteiger partial charge in [-0.25, -0.2) is 0 Å². The first-order valence-corrected chi connectivity index (χ1v) is 8.64. The number of carbonyl (C=O) groups is 1. The molecule has 0 atom stereocenters. The Kier molecular flexibility index (Phi) is 3.10. The number of benzene rings is 4. The van der Waals surface area contributed by atoms with E-state index >= 15 is 0 Å². The number of rotatable bonds is 2. The first-order valence-electron chi connectivity index (χ1n) is 8.64. The monoisotopic (exact) mass is 323 g/mol. The molecule has 120 valence electrons. The number of hydrogen-bond donors (Lipinski definition) is 1. The van der Waals surface area contributed by atoms with Gasteiger partial charge in [0.05, 0.1) is 0 Å². The molecule has 4 aromatic carbocycles. The fourth-order valence-corrected chi connectivity index (χ4v) is 3.97. The Morgan fingerprint density at radius 2 is 1.44 bits per heavy atom. The second-order valence-corrected chi connectivity index (χ2v) is 6.59. The predicted molar refractivity (Wildman–Crippen MR) is 103 cm³/mol. The summed E-state index contributed by atoms with van der Waals surface area (Å²) in [6.45, 7) is 0. The van der Waals surface area contributed by atoms with E-state index in [4.69, 9.17) is 0 Å². The Morgan fingerprint density at radius 1 is 0.720 bits per heavy atom. The molecule has 0 aromatic heterocycles. The molecule has 0 unspecified atom stereocenters. The summed E-state index contributed by atoms with van der Waals surface area (Å²) in [6, 6.07) is 24.5. The van der Waals surface area contributed by atoms with Crippen LogP contribution in [0.15, 0.2) is 72.8 Å². The number of carbonyl (C=O) groups excluding carboxylic acids is 1. The third kappa shape index (κ3) is 2.22. The molecule has 0 aliphatic heterocycles. The summed E-state index contributed by atoms with van der Waals surface area (Å²) in [5.74, 6) is -0.0491. The van der Waals surface area contributed by atoms with E-state index in [1.165, 1.54) is 16.5 Å². The maximum Gasteiger partial charge on any atom is 0.256 e. The van der Waals surface area contributed by atoms with Gasteiger partial charge < -0.3 is 5.32 Å². The zero-order valence-electron chi connectivity index (χ0n) is 13.8. The first kappa shape index (κ1) is 14.2. The van der Waals surface area contributed by atoms with Crippen LogP contribution in [0.4, 0.5) is 5.69 Å². The van der Waals surface area contributed by atoms with E-state index in [2.05, 4.69) is 41.7 Å². The van der Waals surface area contributed by atoms with Crippen molar-refractivity contribution in [2.45, 2.75) is 12.8 Å². The molecule has 5 rings (SSSR count). The molecule has 1 aliphatic rings. The van der Waals surface area contributed by atoms with Crippen LogP contribution in [0.2, 0.25) is 0 Å². The Labute approximate surface area is 146 Å². The van der Waals surface area contributed by atoms with E-state index in [0.29, 0.717) is 0 Å². The minimum atomic E-state index is -0.0491. The maximum absolute atomic E-state index is 13.0. The molecular formula is C23H17NO. The molecule has 0 radical (unpaired) electrons. The zero-order valence-corrected chi connectivity index (χ0v) is 13.8. The van der Waals surface area contributed by atoms with Gasteiger partial charge in [0.25, 0.3) is 5.91 Å². The molecule has 4 aromatic rings. The maximum atomic E-state index is 13.0. The molecule has 1 aliphatic carbocycles. The Morgan fingerprint density at radius 3 is 2.36 bits per heavy atom. The average molecular weight is 323 g/mol. The third-order valence-corrected chi connectivity index (χ3v) is 5.16. The number of amides is 1. The molecular weight excluding hydrogens is 306 g/mol. The summed E-state index contributed by atoms with van der Waals surface area (Å²) < 4.78 is 0. The van der Waals surface area contributed by atoms with Crippen molar-refractivity contribution in [3.8, 4) is 0 Å². The van der Waals surface area contributed by atoms with Crippen LogP contribution in [0.5, 0.6) is 0 Å². The van der Waals surface area contributed by atoms with E-state index < -0.39 is 0 Å². The Bertz CT molecular complexity index is 1130. The molecule has 0 spiro atoms. The fraction of sp³-hybridized carbons (Fsp3) is 0.0870. The van der Waals surface area contributed by atoms with Gasteiger partial charge in [-0.15, -0.1) is 0 Å². The Balaban J connectivity index is 1.61. The smallest absolute Gasteiger partial charge is 0.256 e. The largest absolute Gasteiger partial charge is 0.321 e. The second kappa shape index (κ2) is 5.45. The lowest BCUT2D eigenvalue weighted by atomic mass is 9.99. The SMILES string of the molecule is O=C(Nc1cccc2ccccc12)c1ccc2c3c(cccc13)CC2. The number of hydrogen-bond acceptors (Lipinski definition) is 1. The number of nitrogens with one attached hydrogen (secondary N) is 1. The van der Waals surface area contributed by atoms with Crippen molar-refractivity contribution in [3.05, 3.63) is 89.5 Å². The highest BCUT2D eigenvalue weighted by molar-refractivity contribution is 6.16. The minimum Gasteiger partial charge on any atom is -0.321 e. The zero-order chi connectivity index (χ0) is 16.8. The fourth-order valence-electron chi connectivity index (χ4n) is 3.97. The van der Waals surface area contributed by atoms with Crippen LogP contribution < -0.4 is 5.32 Å². The van der Waals surface area contributed by atoms with E-state index in [1.807, 2.05) is 36.4 Å². The van der Waals surface area contributed by atoms with Crippen LogP contribution in [0.1, 0.15) is 21.5 Å². The summed E-state index contributed by atoms with van der Waals surface area (Å²) in [7, 11) is 0. The summed E-state index contributed by atoms with van der Waals surface area (Å²) in [4.78, 5) is 13.0. The highest BCUT2D eigenvalue weighted by atomic mass is 16.1. The number of fused-ring (bicyclic) bond motifs is 1. The summed E-state index contributed by atoms with van der Waals surface area (Å²) in [6.07, 6.45) is 2.14. The van der Waals surface area contributed by atoms with Crippen LogP contribution in [-0.4, -0.2) is 5.91 Å². The highest BCUT2D eigenvalue weighted by Gasteiger charge is 2.19. The van der Waals surface area contributed by atoms with Crippen molar-refractivity contribution < 1.29 is 4.79 Å². The molecule has 2 heteroatoms. The van der Waals surface area contributed by atoms with Crippen molar-refractivity contribution in [1.82, 2.24) is 0 Å². The van der Waals surface area contributed by atoms with Gasteiger partial charge in [-0.1, -0.05) is 60.7 Å². The van der Waals surface area contributed by atoms with E-state index in [-0.39, 0.29) is 5.91 Å². The van der Waals surface area contributed by atoms with Crippen molar-refractivity contribution in [2.75, 3.05) is 5.32 Å². The lowest BCUT2D eigenvalue weighted by Crippen LogP contribution is -2.12. The van der Waals surface area contributed by atoms with Gasteiger partial charge in [0.1, 0.15) is 0 Å².